The van der Waals surface area contributed by atoms with Gasteiger partial charge in [0.1, 0.15) is 16.8 Å². The maximum Gasteiger partial charge on any atom is 0.235 e. The second-order valence-electron chi connectivity index (χ2n) is 11.2. The fourth-order valence-electron chi connectivity index (χ4n) is 5.01. The van der Waals surface area contributed by atoms with Crippen molar-refractivity contribution in [2.45, 2.75) is 78.6 Å². The number of aryl methyl sites for hydroxylation is 2. The Bertz CT molecular complexity index is 1410. The Morgan fingerprint density at radius 1 is 1.38 bits per heavy atom. The number of ether oxygens (including phenoxy) is 1. The third-order valence-corrected chi connectivity index (χ3v) is 9.38. The van der Waals surface area contributed by atoms with E-state index in [9.17, 15) is 10.1 Å². The van der Waals surface area contributed by atoms with Crippen LogP contribution >= 0.6 is 23.1 Å². The molecule has 2 atom stereocenters. The predicted octanol–water partition coefficient (Wildman–Crippen LogP) is 7.04. The van der Waals surface area contributed by atoms with E-state index in [4.69, 9.17) is 4.74 Å². The molecule has 0 saturated heterocycles. The number of nitriles is 1. The number of nitrogens with zero attached hydrogens (tertiary/aromatic N) is 4. The molecule has 1 N–H and O–H groups in total. The highest BCUT2D eigenvalue weighted by Gasteiger charge is 2.32. The topological polar surface area (TPSA) is 92.8 Å². The van der Waals surface area contributed by atoms with Crippen molar-refractivity contribution < 1.29 is 9.53 Å². The molecule has 206 valence electrons. The van der Waals surface area contributed by atoms with Crippen LogP contribution in [0, 0.1) is 36.5 Å². The number of allylic oxidation sites excluding steroid dienone is 1. The lowest BCUT2D eigenvalue weighted by molar-refractivity contribution is -0.113. The van der Waals surface area contributed by atoms with Gasteiger partial charge in [-0.05, 0) is 68.6 Å². The number of carbonyl (C=O) groups is 1. The fourth-order valence-corrected chi connectivity index (χ4v) is 7.06. The second-order valence-corrected chi connectivity index (χ2v) is 13.3. The molecular weight excluding hydrogens is 526 g/mol. The number of amides is 1. The Hall–Kier alpha value is -3.09. The van der Waals surface area contributed by atoms with E-state index in [-0.39, 0.29) is 23.2 Å². The zero-order chi connectivity index (χ0) is 28.3. The van der Waals surface area contributed by atoms with E-state index in [2.05, 4.69) is 61.9 Å². The molecule has 1 aromatic carbocycles. The van der Waals surface area contributed by atoms with Crippen molar-refractivity contribution in [2.75, 3.05) is 11.1 Å². The molecular formula is C30H37N5O2S2. The van der Waals surface area contributed by atoms with Crippen LogP contribution in [0.2, 0.25) is 0 Å². The molecule has 3 aromatic rings. The maximum atomic E-state index is 13.0. The number of hydrogen-bond donors (Lipinski definition) is 1. The summed E-state index contributed by atoms with van der Waals surface area (Å²) in [6.07, 6.45) is 4.35. The van der Waals surface area contributed by atoms with E-state index >= 15 is 0 Å². The normalized spacial score (nSPS) is 15.8. The molecule has 4 rings (SSSR count). The first-order valence-electron chi connectivity index (χ1n) is 13.3. The molecule has 39 heavy (non-hydrogen) atoms. The van der Waals surface area contributed by atoms with Crippen LogP contribution in [0.4, 0.5) is 5.00 Å². The van der Waals surface area contributed by atoms with Crippen LogP contribution in [-0.2, 0) is 24.2 Å². The second kappa shape index (κ2) is 12.0. The summed E-state index contributed by atoms with van der Waals surface area (Å²) in [5, 5.41) is 22.9. The predicted molar refractivity (Wildman–Crippen MR) is 159 cm³/mol. The molecule has 0 fully saturated rings. The molecule has 1 aliphatic rings. The number of fused-ring (bicyclic) bond motifs is 1. The summed E-state index contributed by atoms with van der Waals surface area (Å²) in [5.74, 6) is 2.02. The van der Waals surface area contributed by atoms with Crippen molar-refractivity contribution in [1.29, 1.82) is 5.26 Å². The smallest absolute Gasteiger partial charge is 0.235 e. The summed E-state index contributed by atoms with van der Waals surface area (Å²) < 4.78 is 8.14. The first kappa shape index (κ1) is 28.9. The standard InChI is InChI=1S/C30H37N5O2S2/c1-8-13-35-27(20(4)37-24-12-9-18(2)14-19(24)3)33-34-29(35)38-17-26(36)32-28-23(16-31)22-11-10-21(30(5,6)7)15-25(22)39-28/h8-9,12,14,20-21H,1,10-11,13,15,17H2,2-7H3,(H,32,36). The van der Waals surface area contributed by atoms with Gasteiger partial charge in [-0.3, -0.25) is 9.36 Å². The minimum Gasteiger partial charge on any atom is -0.482 e. The van der Waals surface area contributed by atoms with E-state index in [1.807, 2.05) is 30.5 Å². The highest BCUT2D eigenvalue weighted by Crippen LogP contribution is 2.44. The van der Waals surface area contributed by atoms with Gasteiger partial charge >= 0.3 is 0 Å². The largest absolute Gasteiger partial charge is 0.482 e. The van der Waals surface area contributed by atoms with Gasteiger partial charge in [0, 0.05) is 11.4 Å². The summed E-state index contributed by atoms with van der Waals surface area (Å²) in [4.78, 5) is 14.2. The van der Waals surface area contributed by atoms with Crippen molar-refractivity contribution >= 4 is 34.0 Å². The molecule has 1 amide bonds. The third-order valence-electron chi connectivity index (χ3n) is 7.24. The number of benzene rings is 1. The number of nitrogens with one attached hydrogen (secondary N) is 1. The van der Waals surface area contributed by atoms with E-state index in [0.29, 0.717) is 34.0 Å². The van der Waals surface area contributed by atoms with E-state index in [1.165, 1.54) is 22.2 Å². The number of hydrogen-bond acceptors (Lipinski definition) is 7. The van der Waals surface area contributed by atoms with Gasteiger partial charge in [-0.15, -0.1) is 28.1 Å². The molecule has 0 spiro atoms. The molecule has 2 unspecified atom stereocenters. The molecule has 0 radical (unpaired) electrons. The number of aromatic nitrogens is 3. The average molecular weight is 564 g/mol. The lowest BCUT2D eigenvalue weighted by Crippen LogP contribution is -2.26. The SMILES string of the molecule is C=CCn1c(SCC(=O)Nc2sc3c(c2C#N)CCC(C(C)(C)C)C3)nnc1C(C)Oc1ccc(C)cc1C. The number of rotatable bonds is 9. The minimum absolute atomic E-state index is 0.152. The van der Waals surface area contributed by atoms with Crippen molar-refractivity contribution in [3.63, 3.8) is 0 Å². The Morgan fingerprint density at radius 2 is 2.15 bits per heavy atom. The molecule has 2 heterocycles. The van der Waals surface area contributed by atoms with Gasteiger partial charge < -0.3 is 10.1 Å². The molecule has 1 aliphatic carbocycles. The molecule has 0 saturated carbocycles. The van der Waals surface area contributed by atoms with Crippen LogP contribution in [0.15, 0.2) is 36.0 Å². The van der Waals surface area contributed by atoms with Gasteiger partial charge in [-0.25, -0.2) is 0 Å². The first-order chi connectivity index (χ1) is 18.5. The monoisotopic (exact) mass is 563 g/mol. The molecule has 2 aromatic heterocycles. The highest BCUT2D eigenvalue weighted by molar-refractivity contribution is 7.99. The van der Waals surface area contributed by atoms with Crippen LogP contribution in [0.25, 0.3) is 0 Å². The average Bonchev–Trinajstić information content (AvgIpc) is 3.44. The van der Waals surface area contributed by atoms with Crippen LogP contribution in [0.1, 0.15) is 73.2 Å². The molecule has 7 nitrogen and oxygen atoms in total. The molecule has 0 bridgehead atoms. The summed E-state index contributed by atoms with van der Waals surface area (Å²) >= 11 is 2.86. The zero-order valence-electron chi connectivity index (χ0n) is 23.6. The third kappa shape index (κ3) is 6.56. The van der Waals surface area contributed by atoms with Crippen LogP contribution in [-0.4, -0.2) is 26.4 Å². The van der Waals surface area contributed by atoms with Crippen molar-refractivity contribution in [3.8, 4) is 11.8 Å². The van der Waals surface area contributed by atoms with Gasteiger partial charge in [0.25, 0.3) is 0 Å². The van der Waals surface area contributed by atoms with Gasteiger partial charge in [0.05, 0.1) is 11.3 Å². The lowest BCUT2D eigenvalue weighted by atomic mass is 9.72. The summed E-state index contributed by atoms with van der Waals surface area (Å²) in [6.45, 7) is 17.2. The Balaban J connectivity index is 1.44. The van der Waals surface area contributed by atoms with Gasteiger partial charge in [0.2, 0.25) is 5.91 Å². The minimum atomic E-state index is -0.338. The first-order valence-corrected chi connectivity index (χ1v) is 15.1. The number of thioether (sulfide) groups is 1. The van der Waals surface area contributed by atoms with E-state index < -0.39 is 0 Å². The van der Waals surface area contributed by atoms with Crippen molar-refractivity contribution in [3.05, 3.63) is 63.8 Å². The fraction of sp³-hybridized carbons (Fsp3) is 0.467. The number of carbonyl (C=O) groups excluding carboxylic acids is 1. The highest BCUT2D eigenvalue weighted by atomic mass is 32.2. The van der Waals surface area contributed by atoms with Gasteiger partial charge in [-0.2, -0.15) is 5.26 Å². The van der Waals surface area contributed by atoms with Crippen molar-refractivity contribution in [1.82, 2.24) is 14.8 Å². The summed E-state index contributed by atoms with van der Waals surface area (Å²) in [6, 6.07) is 8.42. The van der Waals surface area contributed by atoms with Gasteiger partial charge in [-0.1, -0.05) is 56.3 Å². The summed E-state index contributed by atoms with van der Waals surface area (Å²) in [5.41, 5.74) is 4.19. The quantitative estimate of drug-likeness (QED) is 0.222. The Kier molecular flexibility index (Phi) is 8.87. The van der Waals surface area contributed by atoms with E-state index in [0.717, 1.165) is 36.1 Å². The van der Waals surface area contributed by atoms with Crippen LogP contribution < -0.4 is 10.1 Å². The Labute approximate surface area is 239 Å². The van der Waals surface area contributed by atoms with Crippen LogP contribution in [0.5, 0.6) is 5.75 Å². The maximum absolute atomic E-state index is 13.0. The Morgan fingerprint density at radius 3 is 2.82 bits per heavy atom. The van der Waals surface area contributed by atoms with Gasteiger partial charge in [0.15, 0.2) is 17.1 Å². The number of anilines is 1. The van der Waals surface area contributed by atoms with Crippen molar-refractivity contribution in [2.24, 2.45) is 11.3 Å². The molecule has 0 aliphatic heterocycles. The van der Waals surface area contributed by atoms with Crippen LogP contribution in [0.3, 0.4) is 0 Å². The number of thiophene rings is 1. The summed E-state index contributed by atoms with van der Waals surface area (Å²) in [7, 11) is 0. The zero-order valence-corrected chi connectivity index (χ0v) is 25.3. The lowest BCUT2D eigenvalue weighted by Gasteiger charge is -2.33. The van der Waals surface area contributed by atoms with E-state index in [1.54, 1.807) is 17.4 Å². The molecule has 9 heteroatoms.